The number of carbonyl (C=O) groups excluding carboxylic acids is 1. The van der Waals surface area contributed by atoms with E-state index in [0.29, 0.717) is 23.1 Å². The second-order valence-corrected chi connectivity index (χ2v) is 8.38. The van der Waals surface area contributed by atoms with Gasteiger partial charge in [-0.25, -0.2) is 4.98 Å². The summed E-state index contributed by atoms with van der Waals surface area (Å²) >= 11 is 0. The van der Waals surface area contributed by atoms with Gasteiger partial charge in [-0.2, -0.15) is 0 Å². The number of benzene rings is 3. The summed E-state index contributed by atoms with van der Waals surface area (Å²) in [6.07, 6.45) is 0.585. The Balaban J connectivity index is 1.73. The van der Waals surface area contributed by atoms with E-state index in [1.165, 1.54) is 0 Å². The third kappa shape index (κ3) is 3.30. The fraction of sp³-hybridized carbons (Fsp3) is 0.222. The lowest BCUT2D eigenvalue weighted by Gasteiger charge is -2.43. The minimum atomic E-state index is -0.618. The van der Waals surface area contributed by atoms with Gasteiger partial charge in [0.25, 0.3) is 5.56 Å². The van der Waals surface area contributed by atoms with Gasteiger partial charge in [0.1, 0.15) is 11.9 Å². The van der Waals surface area contributed by atoms with E-state index in [-0.39, 0.29) is 23.6 Å². The molecule has 0 saturated heterocycles. The largest absolute Gasteiger partial charge is 0.324 e. The quantitative estimate of drug-likeness (QED) is 0.472. The van der Waals surface area contributed by atoms with Crippen LogP contribution in [0.5, 0.6) is 0 Å². The highest BCUT2D eigenvalue weighted by Crippen LogP contribution is 2.38. The van der Waals surface area contributed by atoms with Gasteiger partial charge in [0, 0.05) is 6.42 Å². The lowest BCUT2D eigenvalue weighted by Crippen LogP contribution is -2.50. The minimum absolute atomic E-state index is 0.0611. The first-order chi connectivity index (χ1) is 15.6. The summed E-state index contributed by atoms with van der Waals surface area (Å²) in [6.45, 7) is 3.85. The molecular formula is C27H25N3O2. The Morgan fingerprint density at radius 2 is 1.50 bits per heavy atom. The van der Waals surface area contributed by atoms with Crippen molar-refractivity contribution in [1.29, 1.82) is 0 Å². The lowest BCUT2D eigenvalue weighted by atomic mass is 9.95. The van der Waals surface area contributed by atoms with Crippen LogP contribution in [0.2, 0.25) is 0 Å². The summed E-state index contributed by atoms with van der Waals surface area (Å²) in [5.74, 6) is 0.585. The van der Waals surface area contributed by atoms with Gasteiger partial charge in [0.05, 0.1) is 23.0 Å². The zero-order chi connectivity index (χ0) is 22.2. The number of para-hydroxylation sites is 1. The summed E-state index contributed by atoms with van der Waals surface area (Å²) < 4.78 is 1.60. The van der Waals surface area contributed by atoms with Crippen molar-refractivity contribution in [2.75, 3.05) is 0 Å². The minimum Gasteiger partial charge on any atom is -0.324 e. The van der Waals surface area contributed by atoms with Crippen molar-refractivity contribution in [3.63, 3.8) is 0 Å². The van der Waals surface area contributed by atoms with Gasteiger partial charge in [-0.05, 0) is 37.1 Å². The monoisotopic (exact) mass is 423 g/mol. The van der Waals surface area contributed by atoms with Gasteiger partial charge in [-0.15, -0.1) is 0 Å². The van der Waals surface area contributed by atoms with Crippen molar-refractivity contribution in [3.05, 3.63) is 112 Å². The average Bonchev–Trinajstić information content (AvgIpc) is 2.83. The maximum atomic E-state index is 13.7. The average molecular weight is 424 g/mol. The van der Waals surface area contributed by atoms with Crippen molar-refractivity contribution in [3.8, 4) is 0 Å². The van der Waals surface area contributed by atoms with Gasteiger partial charge < -0.3 is 4.90 Å². The number of rotatable bonds is 4. The number of aromatic nitrogens is 2. The fourth-order valence-electron chi connectivity index (χ4n) is 4.76. The molecule has 5 rings (SSSR count). The molecular weight excluding hydrogens is 398 g/mol. The van der Waals surface area contributed by atoms with Crippen molar-refractivity contribution in [1.82, 2.24) is 14.5 Å². The van der Waals surface area contributed by atoms with Crippen LogP contribution in [0.15, 0.2) is 89.7 Å². The van der Waals surface area contributed by atoms with Crippen molar-refractivity contribution >= 4 is 16.8 Å². The molecule has 0 unspecified atom stereocenters. The predicted molar refractivity (Wildman–Crippen MR) is 125 cm³/mol. The first kappa shape index (κ1) is 20.2. The number of hydrogen-bond donors (Lipinski definition) is 0. The van der Waals surface area contributed by atoms with E-state index >= 15 is 0 Å². The van der Waals surface area contributed by atoms with Crippen LogP contribution >= 0.6 is 0 Å². The first-order valence-corrected chi connectivity index (χ1v) is 11.0. The smallest absolute Gasteiger partial charge is 0.262 e. The molecule has 0 saturated carbocycles. The second-order valence-electron chi connectivity index (χ2n) is 8.38. The number of carbonyl (C=O) groups is 1. The number of nitrogens with zero attached hydrogens (tertiary/aromatic N) is 3. The molecule has 160 valence electrons. The maximum absolute atomic E-state index is 13.7. The van der Waals surface area contributed by atoms with Crippen LogP contribution in [0, 0.1) is 0 Å². The molecule has 0 N–H and O–H groups in total. The molecule has 1 amide bonds. The summed E-state index contributed by atoms with van der Waals surface area (Å²) in [5.41, 5.74) is 2.66. The Morgan fingerprint density at radius 3 is 2.22 bits per heavy atom. The maximum Gasteiger partial charge on any atom is 0.262 e. The molecule has 0 spiro atoms. The molecule has 0 fully saturated rings. The standard InChI is InChI=1S/C27H25N3O2/c1-18(21-13-7-4-8-14-21)29-24(17-20-11-5-3-6-12-20)25-28-23-16-10-9-15-22(23)27(32)30(25)19(2)26(29)31/h3-16,18-19,24H,17H2,1-2H3/t18-,19+,24+/m1/s1. The first-order valence-electron chi connectivity index (χ1n) is 11.0. The van der Waals surface area contributed by atoms with E-state index in [0.717, 1.165) is 11.1 Å². The van der Waals surface area contributed by atoms with E-state index in [4.69, 9.17) is 4.98 Å². The molecule has 2 heterocycles. The normalized spacial score (nSPS) is 19.1. The zero-order valence-electron chi connectivity index (χ0n) is 18.2. The number of fused-ring (bicyclic) bond motifs is 2. The molecule has 1 aliphatic rings. The Bertz CT molecular complexity index is 1330. The molecule has 1 aliphatic heterocycles. The lowest BCUT2D eigenvalue weighted by molar-refractivity contribution is -0.142. The Hall–Kier alpha value is -3.73. The molecule has 3 atom stereocenters. The van der Waals surface area contributed by atoms with Gasteiger partial charge in [0.15, 0.2) is 0 Å². The van der Waals surface area contributed by atoms with Crippen LogP contribution in [0.25, 0.3) is 10.9 Å². The summed E-state index contributed by atoms with van der Waals surface area (Å²) in [6, 6.07) is 26.3. The molecule has 0 aliphatic carbocycles. The van der Waals surface area contributed by atoms with E-state index in [9.17, 15) is 9.59 Å². The Kier molecular flexibility index (Phi) is 5.10. The van der Waals surface area contributed by atoms with Crippen LogP contribution in [0.1, 0.15) is 48.9 Å². The summed E-state index contributed by atoms with van der Waals surface area (Å²) in [4.78, 5) is 34.0. The predicted octanol–water partition coefficient (Wildman–Crippen LogP) is 4.84. The SMILES string of the molecule is C[C@H](c1ccccc1)N1C(=O)[C@H](C)n2c(nc3ccccc3c2=O)[C@@H]1Cc1ccccc1. The van der Waals surface area contributed by atoms with Crippen LogP contribution in [0.3, 0.4) is 0 Å². The van der Waals surface area contributed by atoms with Crippen molar-refractivity contribution in [2.24, 2.45) is 0 Å². The topological polar surface area (TPSA) is 55.2 Å². The highest BCUT2D eigenvalue weighted by Gasteiger charge is 2.42. The highest BCUT2D eigenvalue weighted by molar-refractivity contribution is 5.84. The van der Waals surface area contributed by atoms with Crippen LogP contribution in [-0.2, 0) is 11.2 Å². The summed E-state index contributed by atoms with van der Waals surface area (Å²) in [5, 5.41) is 0.541. The van der Waals surface area contributed by atoms with Gasteiger partial charge in [0.2, 0.25) is 5.91 Å². The molecule has 3 aromatic carbocycles. The molecule has 0 bridgehead atoms. The molecule has 32 heavy (non-hydrogen) atoms. The third-order valence-electron chi connectivity index (χ3n) is 6.44. The van der Waals surface area contributed by atoms with Gasteiger partial charge >= 0.3 is 0 Å². The third-order valence-corrected chi connectivity index (χ3v) is 6.44. The van der Waals surface area contributed by atoms with E-state index < -0.39 is 6.04 Å². The molecule has 0 radical (unpaired) electrons. The fourth-order valence-corrected chi connectivity index (χ4v) is 4.76. The van der Waals surface area contributed by atoms with Crippen molar-refractivity contribution in [2.45, 2.75) is 38.4 Å². The van der Waals surface area contributed by atoms with Crippen LogP contribution in [-0.4, -0.2) is 20.4 Å². The van der Waals surface area contributed by atoms with Crippen molar-refractivity contribution < 1.29 is 4.79 Å². The second kappa shape index (κ2) is 8.08. The van der Waals surface area contributed by atoms with E-state index in [2.05, 4.69) is 12.1 Å². The summed E-state index contributed by atoms with van der Waals surface area (Å²) in [7, 11) is 0. The zero-order valence-corrected chi connectivity index (χ0v) is 18.2. The van der Waals surface area contributed by atoms with Crippen LogP contribution in [0.4, 0.5) is 0 Å². The van der Waals surface area contributed by atoms with Gasteiger partial charge in [-0.3, -0.25) is 14.2 Å². The Morgan fingerprint density at radius 1 is 0.875 bits per heavy atom. The highest BCUT2D eigenvalue weighted by atomic mass is 16.2. The van der Waals surface area contributed by atoms with Crippen LogP contribution < -0.4 is 5.56 Å². The van der Waals surface area contributed by atoms with Gasteiger partial charge in [-0.1, -0.05) is 72.8 Å². The molecule has 5 heteroatoms. The molecule has 4 aromatic rings. The Labute approximate surface area is 187 Å². The number of hydrogen-bond acceptors (Lipinski definition) is 3. The molecule has 1 aromatic heterocycles. The van der Waals surface area contributed by atoms with E-state index in [1.807, 2.05) is 78.6 Å². The number of amides is 1. The van der Waals surface area contributed by atoms with E-state index in [1.54, 1.807) is 17.6 Å². The molecule has 5 nitrogen and oxygen atoms in total.